The minimum atomic E-state index is -0.218. The van der Waals surface area contributed by atoms with Gasteiger partial charge in [-0.15, -0.1) is 0 Å². The third-order valence-corrected chi connectivity index (χ3v) is 3.30. The minimum Gasteiger partial charge on any atom is -0.494 e. The molecule has 1 N–H and O–H groups in total. The van der Waals surface area contributed by atoms with Gasteiger partial charge >= 0.3 is 0 Å². The first kappa shape index (κ1) is 16.2. The highest BCUT2D eigenvalue weighted by Gasteiger charge is 2.00. The third-order valence-electron chi connectivity index (χ3n) is 3.30. The molecule has 0 aliphatic carbocycles. The van der Waals surface area contributed by atoms with Crippen molar-refractivity contribution in [2.45, 2.75) is 32.3 Å². The van der Waals surface area contributed by atoms with E-state index in [9.17, 15) is 5.11 Å². The molecule has 0 aromatic heterocycles. The van der Waals surface area contributed by atoms with Gasteiger partial charge in [0.25, 0.3) is 0 Å². The third kappa shape index (κ3) is 5.66. The zero-order chi connectivity index (χ0) is 15.6. The summed E-state index contributed by atoms with van der Waals surface area (Å²) in [5, 5.41) is 17.8. The van der Waals surface area contributed by atoms with Crippen molar-refractivity contribution in [2.75, 3.05) is 6.61 Å². The number of nitrogens with zero attached hydrogens (tertiary/aromatic N) is 2. The average Bonchev–Trinajstić information content (AvgIpc) is 2.58. The maximum atomic E-state index is 9.47. The van der Waals surface area contributed by atoms with E-state index in [1.165, 1.54) is 0 Å². The van der Waals surface area contributed by atoms with Crippen molar-refractivity contribution >= 4 is 11.4 Å². The lowest BCUT2D eigenvalue weighted by molar-refractivity contribution is 0.149. The van der Waals surface area contributed by atoms with E-state index < -0.39 is 0 Å². The Morgan fingerprint density at radius 2 is 1.59 bits per heavy atom. The van der Waals surface area contributed by atoms with Crippen LogP contribution in [-0.4, -0.2) is 17.8 Å². The second kappa shape index (κ2) is 8.95. The normalized spacial score (nSPS) is 12.5. The molecule has 0 saturated carbocycles. The lowest BCUT2D eigenvalue weighted by Crippen LogP contribution is -2.07. The summed E-state index contributed by atoms with van der Waals surface area (Å²) in [4.78, 5) is 0. The first-order valence-electron chi connectivity index (χ1n) is 7.65. The van der Waals surface area contributed by atoms with Crippen molar-refractivity contribution in [1.82, 2.24) is 0 Å². The van der Waals surface area contributed by atoms with Crippen LogP contribution in [0, 0.1) is 0 Å². The fraction of sp³-hybridized carbons (Fsp3) is 0.333. The summed E-state index contributed by atoms with van der Waals surface area (Å²) in [5.74, 6) is 0.810. The van der Waals surface area contributed by atoms with E-state index >= 15 is 0 Å². The van der Waals surface area contributed by atoms with E-state index in [0.717, 1.165) is 36.4 Å². The lowest BCUT2D eigenvalue weighted by Gasteiger charge is -2.08. The van der Waals surface area contributed by atoms with Gasteiger partial charge in [-0.25, -0.2) is 0 Å². The SMILES string of the molecule is CCC(O)CCCOc1ccc(/N=N/c2ccccc2)cc1. The molecule has 0 fully saturated rings. The predicted molar refractivity (Wildman–Crippen MR) is 88.1 cm³/mol. The van der Waals surface area contributed by atoms with E-state index in [2.05, 4.69) is 10.2 Å². The molecule has 4 nitrogen and oxygen atoms in total. The highest BCUT2D eigenvalue weighted by atomic mass is 16.5. The number of hydrogen-bond donors (Lipinski definition) is 1. The van der Waals surface area contributed by atoms with Crippen molar-refractivity contribution in [3.8, 4) is 5.75 Å². The molecule has 0 heterocycles. The summed E-state index contributed by atoms with van der Waals surface area (Å²) in [7, 11) is 0. The molecule has 2 aromatic rings. The summed E-state index contributed by atoms with van der Waals surface area (Å²) in [6.07, 6.45) is 2.20. The van der Waals surface area contributed by atoms with Gasteiger partial charge < -0.3 is 9.84 Å². The smallest absolute Gasteiger partial charge is 0.119 e. The van der Waals surface area contributed by atoms with Gasteiger partial charge in [0, 0.05) is 0 Å². The Morgan fingerprint density at radius 3 is 2.23 bits per heavy atom. The van der Waals surface area contributed by atoms with Gasteiger partial charge in [0.1, 0.15) is 5.75 Å². The first-order chi connectivity index (χ1) is 10.8. The summed E-state index contributed by atoms with van der Waals surface area (Å²) >= 11 is 0. The van der Waals surface area contributed by atoms with Crippen LogP contribution in [0.1, 0.15) is 26.2 Å². The van der Waals surface area contributed by atoms with Crippen LogP contribution in [0.2, 0.25) is 0 Å². The van der Waals surface area contributed by atoms with Crippen LogP contribution in [0.4, 0.5) is 11.4 Å². The van der Waals surface area contributed by atoms with Crippen LogP contribution in [0.25, 0.3) is 0 Å². The molecule has 0 radical (unpaired) electrons. The van der Waals surface area contributed by atoms with Gasteiger partial charge in [0.15, 0.2) is 0 Å². The van der Waals surface area contributed by atoms with Crippen LogP contribution in [0.15, 0.2) is 64.8 Å². The van der Waals surface area contributed by atoms with Crippen molar-refractivity contribution in [3.63, 3.8) is 0 Å². The van der Waals surface area contributed by atoms with Crippen molar-refractivity contribution < 1.29 is 9.84 Å². The minimum absolute atomic E-state index is 0.218. The van der Waals surface area contributed by atoms with E-state index in [4.69, 9.17) is 4.74 Å². The van der Waals surface area contributed by atoms with E-state index in [-0.39, 0.29) is 6.10 Å². The molecule has 0 aliphatic heterocycles. The largest absolute Gasteiger partial charge is 0.494 e. The predicted octanol–water partition coefficient (Wildman–Crippen LogP) is 5.03. The summed E-state index contributed by atoms with van der Waals surface area (Å²) in [6, 6.07) is 17.2. The zero-order valence-corrected chi connectivity index (χ0v) is 12.9. The number of benzene rings is 2. The van der Waals surface area contributed by atoms with Gasteiger partial charge in [0.2, 0.25) is 0 Å². The topological polar surface area (TPSA) is 54.2 Å². The van der Waals surface area contributed by atoms with Crippen LogP contribution in [0.3, 0.4) is 0 Å². The molecule has 116 valence electrons. The fourth-order valence-electron chi connectivity index (χ4n) is 1.93. The van der Waals surface area contributed by atoms with E-state index in [1.807, 2.05) is 61.5 Å². The maximum Gasteiger partial charge on any atom is 0.119 e. The van der Waals surface area contributed by atoms with E-state index in [1.54, 1.807) is 0 Å². The van der Waals surface area contributed by atoms with Crippen molar-refractivity contribution in [3.05, 3.63) is 54.6 Å². The Kier molecular flexibility index (Phi) is 6.58. The second-order valence-corrected chi connectivity index (χ2v) is 5.08. The molecule has 0 saturated heterocycles. The van der Waals surface area contributed by atoms with E-state index in [0.29, 0.717) is 6.61 Å². The molecule has 0 aliphatic rings. The Bertz CT molecular complexity index is 567. The van der Waals surface area contributed by atoms with Crippen molar-refractivity contribution in [2.24, 2.45) is 10.2 Å². The van der Waals surface area contributed by atoms with Gasteiger partial charge in [-0.2, -0.15) is 10.2 Å². The molecular formula is C18H22N2O2. The van der Waals surface area contributed by atoms with Gasteiger partial charge in [-0.1, -0.05) is 25.1 Å². The fourth-order valence-corrected chi connectivity index (χ4v) is 1.93. The molecule has 0 spiro atoms. The standard InChI is InChI=1S/C18H22N2O2/c1-2-17(21)9-6-14-22-18-12-10-16(11-13-18)20-19-15-7-4-3-5-8-15/h3-5,7-8,10-13,17,21H,2,6,9,14H2,1H3/b20-19+. The van der Waals surface area contributed by atoms with Gasteiger partial charge in [-0.05, 0) is 55.7 Å². The molecule has 0 amide bonds. The van der Waals surface area contributed by atoms with Crippen LogP contribution < -0.4 is 4.74 Å². The lowest BCUT2D eigenvalue weighted by atomic mass is 10.1. The number of rotatable bonds is 8. The average molecular weight is 298 g/mol. The monoisotopic (exact) mass is 298 g/mol. The van der Waals surface area contributed by atoms with Gasteiger partial charge in [-0.3, -0.25) is 0 Å². The van der Waals surface area contributed by atoms with Crippen LogP contribution >= 0.6 is 0 Å². The van der Waals surface area contributed by atoms with Gasteiger partial charge in [0.05, 0.1) is 24.1 Å². The Morgan fingerprint density at radius 1 is 0.955 bits per heavy atom. The second-order valence-electron chi connectivity index (χ2n) is 5.08. The molecule has 4 heteroatoms. The molecule has 1 unspecified atom stereocenters. The van der Waals surface area contributed by atoms with Crippen LogP contribution in [-0.2, 0) is 0 Å². The molecular weight excluding hydrogens is 276 g/mol. The molecule has 2 aromatic carbocycles. The highest BCUT2D eigenvalue weighted by molar-refractivity contribution is 5.42. The number of hydrogen-bond acceptors (Lipinski definition) is 4. The molecule has 2 rings (SSSR count). The quantitative estimate of drug-likeness (QED) is 0.549. The maximum absolute atomic E-state index is 9.47. The Hall–Kier alpha value is -2.20. The number of azo groups is 1. The molecule has 0 bridgehead atoms. The Labute approximate surface area is 131 Å². The van der Waals surface area contributed by atoms with Crippen molar-refractivity contribution in [1.29, 1.82) is 0 Å². The summed E-state index contributed by atoms with van der Waals surface area (Å²) in [6.45, 7) is 2.59. The highest BCUT2D eigenvalue weighted by Crippen LogP contribution is 2.21. The first-order valence-corrected chi connectivity index (χ1v) is 7.65. The number of aliphatic hydroxyl groups is 1. The molecule has 22 heavy (non-hydrogen) atoms. The summed E-state index contributed by atoms with van der Waals surface area (Å²) < 4.78 is 5.64. The summed E-state index contributed by atoms with van der Waals surface area (Å²) in [5.41, 5.74) is 1.62. The van der Waals surface area contributed by atoms with Crippen LogP contribution in [0.5, 0.6) is 5.75 Å². The Balaban J connectivity index is 1.79. The number of ether oxygens (including phenoxy) is 1. The molecule has 1 atom stereocenters. The number of aliphatic hydroxyl groups excluding tert-OH is 1. The zero-order valence-electron chi connectivity index (χ0n) is 12.9.